The van der Waals surface area contributed by atoms with E-state index in [9.17, 15) is 4.39 Å². The Bertz CT molecular complexity index is 669. The molecule has 0 fully saturated rings. The molecule has 0 amide bonds. The van der Waals surface area contributed by atoms with Gasteiger partial charge in [0.1, 0.15) is 11.6 Å². The lowest BCUT2D eigenvalue weighted by molar-refractivity contribution is 0.111. The predicted molar refractivity (Wildman–Crippen MR) is 72.5 cm³/mol. The summed E-state index contributed by atoms with van der Waals surface area (Å²) >= 11 is 0. The molecule has 20 heavy (non-hydrogen) atoms. The summed E-state index contributed by atoms with van der Waals surface area (Å²) in [6.45, 7) is 3.61. The van der Waals surface area contributed by atoms with E-state index < -0.39 is 5.72 Å². The molecule has 0 atom stereocenters. The summed E-state index contributed by atoms with van der Waals surface area (Å²) in [5.74, 6) is 0.871. The van der Waals surface area contributed by atoms with Crippen molar-refractivity contribution >= 4 is 5.90 Å². The highest BCUT2D eigenvalue weighted by molar-refractivity contribution is 5.99. The van der Waals surface area contributed by atoms with Crippen LogP contribution in [0, 0.1) is 5.82 Å². The lowest BCUT2D eigenvalue weighted by Crippen LogP contribution is -2.34. The average molecular weight is 272 g/mol. The zero-order chi connectivity index (χ0) is 14.2. The summed E-state index contributed by atoms with van der Waals surface area (Å²) in [6, 6.07) is 9.56. The Morgan fingerprint density at radius 2 is 2.05 bits per heavy atom. The van der Waals surface area contributed by atoms with Crippen molar-refractivity contribution in [2.75, 3.05) is 0 Å². The second-order valence-electron chi connectivity index (χ2n) is 4.88. The Labute approximate surface area is 115 Å². The lowest BCUT2D eigenvalue weighted by Gasteiger charge is -2.29. The number of nitrogens with zero attached hydrogens (tertiary/aromatic N) is 2. The van der Waals surface area contributed by atoms with Gasteiger partial charge in [-0.05, 0) is 38.1 Å². The molecule has 4 nitrogen and oxygen atoms in total. The van der Waals surface area contributed by atoms with Gasteiger partial charge >= 0.3 is 0 Å². The number of halogens is 1. The van der Waals surface area contributed by atoms with Crippen LogP contribution in [0.1, 0.15) is 19.4 Å². The SMILES string of the molecule is CC1(C)N=C(Oc2ccccn2)c2cc(F)ccc2O1. The van der Waals surface area contributed by atoms with Crippen LogP contribution >= 0.6 is 0 Å². The fourth-order valence-corrected chi connectivity index (χ4v) is 1.94. The quantitative estimate of drug-likeness (QED) is 0.800. The number of hydrogen-bond donors (Lipinski definition) is 0. The number of pyridine rings is 1. The van der Waals surface area contributed by atoms with Crippen molar-refractivity contribution in [1.29, 1.82) is 0 Å². The molecule has 0 saturated carbocycles. The first-order chi connectivity index (χ1) is 9.53. The van der Waals surface area contributed by atoms with E-state index in [-0.39, 0.29) is 5.82 Å². The number of rotatable bonds is 1. The number of hydrogen-bond acceptors (Lipinski definition) is 4. The lowest BCUT2D eigenvalue weighted by atomic mass is 10.1. The third kappa shape index (κ3) is 2.47. The van der Waals surface area contributed by atoms with E-state index in [1.807, 2.05) is 0 Å². The topological polar surface area (TPSA) is 43.7 Å². The highest BCUT2D eigenvalue weighted by Crippen LogP contribution is 2.31. The maximum atomic E-state index is 13.4. The summed E-state index contributed by atoms with van der Waals surface area (Å²) in [6.07, 6.45) is 1.62. The van der Waals surface area contributed by atoms with Crippen molar-refractivity contribution in [3.05, 3.63) is 54.0 Å². The molecule has 0 aliphatic carbocycles. The van der Waals surface area contributed by atoms with Gasteiger partial charge in [0.05, 0.1) is 5.56 Å². The van der Waals surface area contributed by atoms with Gasteiger partial charge in [-0.15, -0.1) is 0 Å². The molecule has 0 saturated heterocycles. The van der Waals surface area contributed by atoms with Crippen molar-refractivity contribution in [2.45, 2.75) is 19.6 Å². The molecule has 2 heterocycles. The Morgan fingerprint density at radius 1 is 1.20 bits per heavy atom. The van der Waals surface area contributed by atoms with Crippen molar-refractivity contribution in [2.24, 2.45) is 4.99 Å². The van der Waals surface area contributed by atoms with Crippen LogP contribution < -0.4 is 9.47 Å². The van der Waals surface area contributed by atoms with Crippen LogP contribution in [0.25, 0.3) is 0 Å². The van der Waals surface area contributed by atoms with Crippen molar-refractivity contribution in [3.63, 3.8) is 0 Å². The van der Waals surface area contributed by atoms with Gasteiger partial charge in [0, 0.05) is 12.3 Å². The predicted octanol–water partition coefficient (Wildman–Crippen LogP) is 3.17. The maximum Gasteiger partial charge on any atom is 0.231 e. The van der Waals surface area contributed by atoms with Gasteiger partial charge in [0.15, 0.2) is 5.72 Å². The summed E-state index contributed by atoms with van der Waals surface area (Å²) in [4.78, 5) is 8.44. The molecule has 1 aromatic carbocycles. The molecule has 1 aliphatic rings. The van der Waals surface area contributed by atoms with Crippen molar-refractivity contribution in [1.82, 2.24) is 4.98 Å². The van der Waals surface area contributed by atoms with Gasteiger partial charge in [-0.3, -0.25) is 0 Å². The molecule has 0 spiro atoms. The van der Waals surface area contributed by atoms with Crippen LogP contribution in [0.3, 0.4) is 0 Å². The summed E-state index contributed by atoms with van der Waals surface area (Å²) in [5, 5.41) is 0. The first-order valence-corrected chi connectivity index (χ1v) is 6.21. The van der Waals surface area contributed by atoms with Gasteiger partial charge < -0.3 is 9.47 Å². The maximum absolute atomic E-state index is 13.4. The smallest absolute Gasteiger partial charge is 0.231 e. The molecule has 3 rings (SSSR count). The molecule has 1 aliphatic heterocycles. The summed E-state index contributed by atoms with van der Waals surface area (Å²) in [7, 11) is 0. The monoisotopic (exact) mass is 272 g/mol. The summed E-state index contributed by atoms with van der Waals surface area (Å²) < 4.78 is 24.8. The molecule has 1 aromatic heterocycles. The molecule has 2 aromatic rings. The standard InChI is InChI=1S/C15H13FN2O2/c1-15(2)18-14(19-13-5-3-4-8-17-13)11-9-10(16)6-7-12(11)20-15/h3-9H,1-2H3. The minimum Gasteiger partial charge on any atom is -0.466 e. The highest BCUT2D eigenvalue weighted by atomic mass is 19.1. The number of fused-ring (bicyclic) bond motifs is 1. The van der Waals surface area contributed by atoms with E-state index in [1.165, 1.54) is 12.1 Å². The van der Waals surface area contributed by atoms with E-state index in [2.05, 4.69) is 9.98 Å². The molecule has 0 N–H and O–H groups in total. The fraction of sp³-hybridized carbons (Fsp3) is 0.200. The van der Waals surface area contributed by atoms with Crippen LogP contribution in [0.5, 0.6) is 11.6 Å². The van der Waals surface area contributed by atoms with Gasteiger partial charge in [-0.1, -0.05) is 6.07 Å². The van der Waals surface area contributed by atoms with E-state index >= 15 is 0 Å². The van der Waals surface area contributed by atoms with Crippen LogP contribution in [-0.4, -0.2) is 16.6 Å². The van der Waals surface area contributed by atoms with Crippen molar-refractivity contribution in [3.8, 4) is 11.6 Å². The van der Waals surface area contributed by atoms with Crippen LogP contribution in [0.2, 0.25) is 0 Å². The van der Waals surface area contributed by atoms with Gasteiger partial charge in [-0.25, -0.2) is 14.4 Å². The largest absolute Gasteiger partial charge is 0.466 e. The Kier molecular flexibility index (Phi) is 2.89. The van der Waals surface area contributed by atoms with E-state index in [4.69, 9.17) is 9.47 Å². The molecule has 0 radical (unpaired) electrons. The Hall–Kier alpha value is -2.43. The molecular formula is C15H13FN2O2. The molecule has 102 valence electrons. The van der Waals surface area contributed by atoms with Crippen LogP contribution in [0.4, 0.5) is 4.39 Å². The summed E-state index contributed by atoms with van der Waals surface area (Å²) in [5.41, 5.74) is -0.287. The number of aromatic nitrogens is 1. The van der Waals surface area contributed by atoms with E-state index in [1.54, 1.807) is 44.3 Å². The normalized spacial score (nSPS) is 15.8. The van der Waals surface area contributed by atoms with E-state index in [0.717, 1.165) is 0 Å². The minimum absolute atomic E-state index is 0.300. The number of ether oxygens (including phenoxy) is 2. The number of aliphatic imine (C=N–C) groups is 1. The van der Waals surface area contributed by atoms with Gasteiger partial charge in [-0.2, -0.15) is 0 Å². The Balaban J connectivity index is 2.03. The van der Waals surface area contributed by atoms with Crippen LogP contribution in [0.15, 0.2) is 47.6 Å². The van der Waals surface area contributed by atoms with Crippen molar-refractivity contribution < 1.29 is 13.9 Å². The molecule has 5 heteroatoms. The first-order valence-electron chi connectivity index (χ1n) is 6.21. The van der Waals surface area contributed by atoms with Gasteiger partial charge in [0.25, 0.3) is 0 Å². The average Bonchev–Trinajstić information content (AvgIpc) is 2.40. The minimum atomic E-state index is -0.769. The van der Waals surface area contributed by atoms with E-state index in [0.29, 0.717) is 23.1 Å². The molecule has 0 bridgehead atoms. The first kappa shape index (κ1) is 12.6. The third-order valence-electron chi connectivity index (χ3n) is 2.74. The second kappa shape index (κ2) is 4.59. The zero-order valence-corrected chi connectivity index (χ0v) is 11.1. The molecule has 0 unspecified atom stereocenters. The number of benzene rings is 1. The zero-order valence-electron chi connectivity index (χ0n) is 11.1. The Morgan fingerprint density at radius 3 is 2.80 bits per heavy atom. The highest BCUT2D eigenvalue weighted by Gasteiger charge is 2.30. The molecular weight excluding hydrogens is 259 g/mol. The second-order valence-corrected chi connectivity index (χ2v) is 4.88. The van der Waals surface area contributed by atoms with Crippen LogP contribution in [-0.2, 0) is 0 Å². The third-order valence-corrected chi connectivity index (χ3v) is 2.74. The van der Waals surface area contributed by atoms with Gasteiger partial charge in [0.2, 0.25) is 11.8 Å². The fourth-order valence-electron chi connectivity index (χ4n) is 1.94.